The highest BCUT2D eigenvalue weighted by Crippen LogP contribution is 2.41. The normalized spacial score (nSPS) is 17.8. The van der Waals surface area contributed by atoms with Crippen LogP contribution in [0.2, 0.25) is 0 Å². The van der Waals surface area contributed by atoms with Gasteiger partial charge in [0.1, 0.15) is 11.6 Å². The third-order valence-corrected chi connectivity index (χ3v) is 6.34. The van der Waals surface area contributed by atoms with Gasteiger partial charge in [-0.1, -0.05) is 12.1 Å². The number of hydrogen-bond acceptors (Lipinski definition) is 6. The molecule has 2 aromatic heterocycles. The predicted octanol–water partition coefficient (Wildman–Crippen LogP) is 4.21. The summed E-state index contributed by atoms with van der Waals surface area (Å²) in [6, 6.07) is 8.01. The number of pyridine rings is 1. The molecule has 1 aliphatic heterocycles. The van der Waals surface area contributed by atoms with Crippen molar-refractivity contribution < 1.29 is 13.5 Å². The SMILES string of the molecule is CC(Nc1nc(N)c(F)c(-c2cc(C3CC3)[nH]n2)c1CN1CCOCC1)c1ccc(F)cc1. The van der Waals surface area contributed by atoms with E-state index in [0.29, 0.717) is 48.3 Å². The fourth-order valence-corrected chi connectivity index (χ4v) is 4.25. The van der Waals surface area contributed by atoms with E-state index < -0.39 is 5.82 Å². The molecule has 1 aliphatic carbocycles. The molecule has 3 heterocycles. The molecule has 2 aliphatic rings. The van der Waals surface area contributed by atoms with Crippen LogP contribution in [0.15, 0.2) is 30.3 Å². The number of halogens is 2. The van der Waals surface area contributed by atoms with Gasteiger partial charge in [0.25, 0.3) is 0 Å². The molecular weight excluding hydrogens is 426 g/mol. The largest absolute Gasteiger partial charge is 0.381 e. The second kappa shape index (κ2) is 9.07. The van der Waals surface area contributed by atoms with Crippen molar-refractivity contribution in [1.29, 1.82) is 0 Å². The van der Waals surface area contributed by atoms with Crippen LogP contribution < -0.4 is 11.1 Å². The Morgan fingerprint density at radius 2 is 1.94 bits per heavy atom. The molecule has 0 spiro atoms. The first-order chi connectivity index (χ1) is 16.0. The van der Waals surface area contributed by atoms with Crippen LogP contribution in [0.3, 0.4) is 0 Å². The third-order valence-electron chi connectivity index (χ3n) is 6.34. The van der Waals surface area contributed by atoms with Gasteiger partial charge in [-0.15, -0.1) is 0 Å². The minimum absolute atomic E-state index is 0.180. The standard InChI is InChI=1S/C24H28F2N6O/c1-14(15-4-6-17(25)7-5-15)28-24-18(13-32-8-10-33-11-9-32)21(22(26)23(27)29-24)20-12-19(30-31-20)16-2-3-16/h4-7,12,14,16H,2-3,8-11,13H2,1H3,(H,30,31)(H3,27,28,29). The smallest absolute Gasteiger partial charge is 0.175 e. The van der Waals surface area contributed by atoms with Crippen LogP contribution in [0.4, 0.5) is 20.4 Å². The molecule has 2 fully saturated rings. The van der Waals surface area contributed by atoms with Crippen molar-refractivity contribution in [2.75, 3.05) is 37.4 Å². The van der Waals surface area contributed by atoms with Crippen molar-refractivity contribution in [1.82, 2.24) is 20.1 Å². The predicted molar refractivity (Wildman–Crippen MR) is 123 cm³/mol. The number of nitrogens with one attached hydrogen (secondary N) is 2. The zero-order chi connectivity index (χ0) is 22.9. The Kier molecular flexibility index (Phi) is 5.99. The molecule has 1 unspecified atom stereocenters. The summed E-state index contributed by atoms with van der Waals surface area (Å²) >= 11 is 0. The zero-order valence-corrected chi connectivity index (χ0v) is 18.6. The fraction of sp³-hybridized carbons (Fsp3) is 0.417. The molecule has 0 radical (unpaired) electrons. The molecule has 7 nitrogen and oxygen atoms in total. The van der Waals surface area contributed by atoms with Crippen LogP contribution in [0.5, 0.6) is 0 Å². The quantitative estimate of drug-likeness (QED) is 0.495. The van der Waals surface area contributed by atoms with Gasteiger partial charge < -0.3 is 15.8 Å². The number of anilines is 2. The van der Waals surface area contributed by atoms with Crippen LogP contribution >= 0.6 is 0 Å². The van der Waals surface area contributed by atoms with E-state index in [4.69, 9.17) is 10.5 Å². The van der Waals surface area contributed by atoms with Crippen LogP contribution in [0.25, 0.3) is 11.3 Å². The fourth-order valence-electron chi connectivity index (χ4n) is 4.25. The number of rotatable bonds is 7. The maximum absolute atomic E-state index is 15.5. The number of nitrogen functional groups attached to an aromatic ring is 1. The topological polar surface area (TPSA) is 92.1 Å². The van der Waals surface area contributed by atoms with Crippen molar-refractivity contribution in [2.24, 2.45) is 0 Å². The Bertz CT molecular complexity index is 1120. The van der Waals surface area contributed by atoms with Crippen molar-refractivity contribution in [3.63, 3.8) is 0 Å². The number of morpholine rings is 1. The lowest BCUT2D eigenvalue weighted by Gasteiger charge is -2.29. The number of H-pyrrole nitrogens is 1. The van der Waals surface area contributed by atoms with Crippen molar-refractivity contribution in [3.05, 3.63) is 58.8 Å². The summed E-state index contributed by atoms with van der Waals surface area (Å²) in [5.74, 6) is -0.0709. The van der Waals surface area contributed by atoms with Gasteiger partial charge in [-0.05, 0) is 43.5 Å². The van der Waals surface area contributed by atoms with Crippen LogP contribution in [0.1, 0.15) is 48.5 Å². The Hall–Kier alpha value is -3.04. The number of aromatic amines is 1. The molecule has 174 valence electrons. The molecule has 4 N–H and O–H groups in total. The van der Waals surface area contributed by atoms with Crippen LogP contribution in [0, 0.1) is 11.6 Å². The maximum Gasteiger partial charge on any atom is 0.175 e. The van der Waals surface area contributed by atoms with E-state index in [2.05, 4.69) is 25.4 Å². The van der Waals surface area contributed by atoms with Crippen molar-refractivity contribution in [3.8, 4) is 11.3 Å². The van der Waals surface area contributed by atoms with Gasteiger partial charge in [0.05, 0.1) is 18.9 Å². The molecule has 1 atom stereocenters. The summed E-state index contributed by atoms with van der Waals surface area (Å²) in [5.41, 5.74) is 9.53. The highest BCUT2D eigenvalue weighted by molar-refractivity contribution is 5.74. The number of benzene rings is 1. The minimum atomic E-state index is -0.563. The Morgan fingerprint density at radius 3 is 2.64 bits per heavy atom. The number of nitrogens with two attached hydrogens (primary N) is 1. The summed E-state index contributed by atoms with van der Waals surface area (Å²) in [6.45, 7) is 5.17. The molecule has 33 heavy (non-hydrogen) atoms. The second-order valence-electron chi connectivity index (χ2n) is 8.80. The Balaban J connectivity index is 1.55. The van der Waals surface area contributed by atoms with E-state index >= 15 is 4.39 Å². The summed E-state index contributed by atoms with van der Waals surface area (Å²) in [6.07, 6.45) is 2.23. The van der Waals surface area contributed by atoms with Crippen LogP contribution in [-0.4, -0.2) is 46.4 Å². The Labute approximate surface area is 191 Å². The summed E-state index contributed by atoms with van der Waals surface area (Å²) in [5, 5.41) is 10.9. The van der Waals surface area contributed by atoms with Gasteiger partial charge in [-0.25, -0.2) is 13.8 Å². The highest BCUT2D eigenvalue weighted by atomic mass is 19.1. The summed E-state index contributed by atoms with van der Waals surface area (Å²) in [7, 11) is 0. The monoisotopic (exact) mass is 454 g/mol. The molecule has 1 aromatic carbocycles. The number of hydrogen-bond donors (Lipinski definition) is 3. The van der Waals surface area contributed by atoms with E-state index in [0.717, 1.165) is 37.2 Å². The number of nitrogens with zero attached hydrogens (tertiary/aromatic N) is 3. The molecule has 0 bridgehead atoms. The van der Waals surface area contributed by atoms with E-state index in [1.165, 1.54) is 12.1 Å². The summed E-state index contributed by atoms with van der Waals surface area (Å²) in [4.78, 5) is 6.59. The second-order valence-corrected chi connectivity index (χ2v) is 8.80. The average molecular weight is 455 g/mol. The van der Waals surface area contributed by atoms with Gasteiger partial charge in [-0.2, -0.15) is 5.10 Å². The first-order valence-electron chi connectivity index (χ1n) is 11.3. The minimum Gasteiger partial charge on any atom is -0.381 e. The average Bonchev–Trinajstić information content (AvgIpc) is 3.56. The van der Waals surface area contributed by atoms with E-state index in [1.807, 2.05) is 13.0 Å². The molecule has 1 saturated heterocycles. The lowest BCUT2D eigenvalue weighted by Crippen LogP contribution is -2.36. The van der Waals surface area contributed by atoms with E-state index in [1.54, 1.807) is 12.1 Å². The highest BCUT2D eigenvalue weighted by Gasteiger charge is 2.29. The van der Waals surface area contributed by atoms with E-state index in [9.17, 15) is 4.39 Å². The maximum atomic E-state index is 15.5. The molecule has 1 saturated carbocycles. The van der Waals surface area contributed by atoms with Crippen LogP contribution in [-0.2, 0) is 11.3 Å². The van der Waals surface area contributed by atoms with Gasteiger partial charge >= 0.3 is 0 Å². The van der Waals surface area contributed by atoms with Gasteiger partial charge in [0.2, 0.25) is 0 Å². The first kappa shape index (κ1) is 21.8. The van der Waals surface area contributed by atoms with Gasteiger partial charge in [0, 0.05) is 48.4 Å². The molecule has 9 heteroatoms. The lowest BCUT2D eigenvalue weighted by atomic mass is 10.0. The molecular formula is C24H28F2N6O. The first-order valence-corrected chi connectivity index (χ1v) is 11.3. The third kappa shape index (κ3) is 4.69. The van der Waals surface area contributed by atoms with E-state index in [-0.39, 0.29) is 17.7 Å². The molecule has 0 amide bonds. The lowest BCUT2D eigenvalue weighted by molar-refractivity contribution is 0.0342. The van der Waals surface area contributed by atoms with Gasteiger partial charge in [-0.3, -0.25) is 10.00 Å². The molecule has 5 rings (SSSR count). The Morgan fingerprint density at radius 1 is 1.21 bits per heavy atom. The molecule has 3 aromatic rings. The zero-order valence-electron chi connectivity index (χ0n) is 18.6. The van der Waals surface area contributed by atoms with Gasteiger partial charge in [0.15, 0.2) is 11.6 Å². The van der Waals surface area contributed by atoms with Crippen molar-refractivity contribution in [2.45, 2.75) is 38.3 Å². The summed E-state index contributed by atoms with van der Waals surface area (Å²) < 4.78 is 34.3. The van der Waals surface area contributed by atoms with Crippen molar-refractivity contribution >= 4 is 11.6 Å². The number of ether oxygens (including phenoxy) is 1. The number of aromatic nitrogens is 3.